The minimum Gasteiger partial charge on any atom is -0.379 e. The van der Waals surface area contributed by atoms with Crippen molar-refractivity contribution in [3.8, 4) is 0 Å². The zero-order valence-corrected chi connectivity index (χ0v) is 15.7. The lowest BCUT2D eigenvalue weighted by atomic mass is 9.80. The molecular weight excluding hydrogens is 318 g/mol. The van der Waals surface area contributed by atoms with Gasteiger partial charge in [0.25, 0.3) is 0 Å². The molecule has 2 heteroatoms. The van der Waals surface area contributed by atoms with Crippen molar-refractivity contribution in [3.05, 3.63) is 107 Å². The second-order valence-electron chi connectivity index (χ2n) is 7.09. The molecule has 3 rings (SSSR count). The van der Waals surface area contributed by atoms with Gasteiger partial charge in [-0.3, -0.25) is 0 Å². The molecular formula is C24H27NO. The third-order valence-corrected chi connectivity index (χ3v) is 5.07. The highest BCUT2D eigenvalue weighted by Gasteiger charge is 2.37. The zero-order valence-electron chi connectivity index (χ0n) is 15.7. The van der Waals surface area contributed by atoms with E-state index in [0.29, 0.717) is 6.54 Å². The highest BCUT2D eigenvalue weighted by atomic mass is 16.3. The van der Waals surface area contributed by atoms with Crippen molar-refractivity contribution in [1.29, 1.82) is 0 Å². The zero-order chi connectivity index (χ0) is 18.6. The molecule has 0 bridgehead atoms. The van der Waals surface area contributed by atoms with Gasteiger partial charge in [0.2, 0.25) is 0 Å². The van der Waals surface area contributed by atoms with E-state index in [2.05, 4.69) is 55.6 Å². The fourth-order valence-corrected chi connectivity index (χ4v) is 3.30. The third-order valence-electron chi connectivity index (χ3n) is 5.07. The topological polar surface area (TPSA) is 32.3 Å². The van der Waals surface area contributed by atoms with Crippen LogP contribution in [0.25, 0.3) is 0 Å². The van der Waals surface area contributed by atoms with E-state index in [9.17, 15) is 5.11 Å². The lowest BCUT2D eigenvalue weighted by Crippen LogP contribution is -2.47. The molecule has 0 heterocycles. The summed E-state index contributed by atoms with van der Waals surface area (Å²) >= 11 is 0. The van der Waals surface area contributed by atoms with Crippen molar-refractivity contribution in [2.75, 3.05) is 0 Å². The SMILES string of the molecule is Cc1ccc(C(O)(c2ccc(C)cc2)C(C)NCc2ccccc2)cc1. The number of benzene rings is 3. The van der Waals surface area contributed by atoms with Crippen molar-refractivity contribution in [1.82, 2.24) is 5.32 Å². The third kappa shape index (κ3) is 3.87. The van der Waals surface area contributed by atoms with E-state index in [0.717, 1.165) is 11.1 Å². The lowest BCUT2D eigenvalue weighted by molar-refractivity contribution is 0.0430. The summed E-state index contributed by atoms with van der Waals surface area (Å²) in [5.74, 6) is 0. The molecule has 0 aliphatic carbocycles. The van der Waals surface area contributed by atoms with Crippen LogP contribution in [0.15, 0.2) is 78.9 Å². The summed E-state index contributed by atoms with van der Waals surface area (Å²) in [5, 5.41) is 15.3. The van der Waals surface area contributed by atoms with Gasteiger partial charge in [-0.15, -0.1) is 0 Å². The largest absolute Gasteiger partial charge is 0.379 e. The van der Waals surface area contributed by atoms with E-state index < -0.39 is 5.60 Å². The van der Waals surface area contributed by atoms with Gasteiger partial charge in [0.1, 0.15) is 5.60 Å². The van der Waals surface area contributed by atoms with E-state index in [1.54, 1.807) is 0 Å². The number of hydrogen-bond acceptors (Lipinski definition) is 2. The predicted molar refractivity (Wildman–Crippen MR) is 108 cm³/mol. The fraction of sp³-hybridized carbons (Fsp3) is 0.250. The van der Waals surface area contributed by atoms with Crippen molar-refractivity contribution < 1.29 is 5.11 Å². The Balaban J connectivity index is 1.94. The minimum absolute atomic E-state index is 0.159. The molecule has 0 aliphatic heterocycles. The van der Waals surface area contributed by atoms with Gasteiger partial charge in [-0.2, -0.15) is 0 Å². The Labute approximate surface area is 156 Å². The molecule has 0 fully saturated rings. The van der Waals surface area contributed by atoms with Crippen LogP contribution in [-0.4, -0.2) is 11.1 Å². The molecule has 26 heavy (non-hydrogen) atoms. The molecule has 0 saturated carbocycles. The molecule has 2 nitrogen and oxygen atoms in total. The Kier molecular flexibility index (Phi) is 5.55. The first-order chi connectivity index (χ1) is 12.5. The molecule has 1 atom stereocenters. The van der Waals surface area contributed by atoms with Crippen LogP contribution in [0, 0.1) is 13.8 Å². The second kappa shape index (κ2) is 7.86. The Bertz CT molecular complexity index is 777. The Morgan fingerprint density at radius 2 is 1.23 bits per heavy atom. The number of hydrogen-bond donors (Lipinski definition) is 2. The van der Waals surface area contributed by atoms with Crippen LogP contribution >= 0.6 is 0 Å². The summed E-state index contributed by atoms with van der Waals surface area (Å²) in [6.07, 6.45) is 0. The van der Waals surface area contributed by atoms with Crippen molar-refractivity contribution in [2.45, 2.75) is 39.0 Å². The molecule has 3 aromatic rings. The lowest BCUT2D eigenvalue weighted by Gasteiger charge is -2.36. The summed E-state index contributed by atoms with van der Waals surface area (Å²) in [7, 11) is 0. The summed E-state index contributed by atoms with van der Waals surface area (Å²) < 4.78 is 0. The van der Waals surface area contributed by atoms with Crippen LogP contribution in [0.3, 0.4) is 0 Å². The molecule has 0 radical (unpaired) electrons. The molecule has 0 spiro atoms. The molecule has 0 saturated heterocycles. The number of rotatable bonds is 6. The van der Waals surface area contributed by atoms with Gasteiger partial charge in [-0.25, -0.2) is 0 Å². The summed E-state index contributed by atoms with van der Waals surface area (Å²) in [6, 6.07) is 26.4. The first-order valence-electron chi connectivity index (χ1n) is 9.14. The number of nitrogens with one attached hydrogen (secondary N) is 1. The molecule has 1 unspecified atom stereocenters. The maximum absolute atomic E-state index is 11.8. The molecule has 0 aliphatic rings. The van der Waals surface area contributed by atoms with E-state index in [-0.39, 0.29) is 6.04 Å². The van der Waals surface area contributed by atoms with E-state index >= 15 is 0 Å². The van der Waals surface area contributed by atoms with E-state index in [4.69, 9.17) is 0 Å². The monoisotopic (exact) mass is 345 g/mol. The van der Waals surface area contributed by atoms with Gasteiger partial charge in [-0.05, 0) is 37.5 Å². The van der Waals surface area contributed by atoms with Crippen molar-refractivity contribution in [2.24, 2.45) is 0 Å². The van der Waals surface area contributed by atoms with Gasteiger partial charge < -0.3 is 10.4 Å². The molecule has 0 aromatic heterocycles. The summed E-state index contributed by atoms with van der Waals surface area (Å²) in [5.41, 5.74) is 4.28. The standard InChI is InChI=1S/C24H27NO/c1-18-9-13-22(14-10-18)24(26,23-15-11-19(2)12-16-23)20(3)25-17-21-7-5-4-6-8-21/h4-16,20,25-26H,17H2,1-3H3. The second-order valence-corrected chi connectivity index (χ2v) is 7.09. The van der Waals surface area contributed by atoms with E-state index in [1.807, 2.05) is 49.4 Å². The molecule has 134 valence electrons. The van der Waals surface area contributed by atoms with Gasteiger partial charge in [0.05, 0.1) is 0 Å². The minimum atomic E-state index is -1.10. The highest BCUT2D eigenvalue weighted by Crippen LogP contribution is 2.33. The van der Waals surface area contributed by atoms with Crippen LogP contribution in [0.2, 0.25) is 0 Å². The van der Waals surface area contributed by atoms with Gasteiger partial charge >= 0.3 is 0 Å². The van der Waals surface area contributed by atoms with Gasteiger partial charge in [0.15, 0.2) is 0 Å². The van der Waals surface area contributed by atoms with Crippen LogP contribution in [-0.2, 0) is 12.1 Å². The Morgan fingerprint density at radius 1 is 0.769 bits per heavy atom. The average Bonchev–Trinajstić information content (AvgIpc) is 2.67. The maximum atomic E-state index is 11.8. The Morgan fingerprint density at radius 3 is 1.69 bits per heavy atom. The first kappa shape index (κ1) is 18.4. The number of aliphatic hydroxyl groups is 1. The predicted octanol–water partition coefficient (Wildman–Crippen LogP) is 4.72. The van der Waals surface area contributed by atoms with Gasteiger partial charge in [-0.1, -0.05) is 90.0 Å². The Hall–Kier alpha value is -2.42. The first-order valence-corrected chi connectivity index (χ1v) is 9.14. The average molecular weight is 345 g/mol. The van der Waals surface area contributed by atoms with Crippen LogP contribution in [0.4, 0.5) is 0 Å². The van der Waals surface area contributed by atoms with Crippen LogP contribution in [0.1, 0.15) is 34.7 Å². The smallest absolute Gasteiger partial charge is 0.130 e. The highest BCUT2D eigenvalue weighted by molar-refractivity contribution is 5.40. The van der Waals surface area contributed by atoms with Crippen LogP contribution < -0.4 is 5.32 Å². The molecule has 3 aromatic carbocycles. The summed E-state index contributed by atoms with van der Waals surface area (Å²) in [4.78, 5) is 0. The quantitative estimate of drug-likeness (QED) is 0.678. The maximum Gasteiger partial charge on any atom is 0.130 e. The van der Waals surface area contributed by atoms with Crippen molar-refractivity contribution >= 4 is 0 Å². The van der Waals surface area contributed by atoms with E-state index in [1.165, 1.54) is 16.7 Å². The molecule has 0 amide bonds. The normalized spacial score (nSPS) is 12.8. The summed E-state index contributed by atoms with van der Waals surface area (Å²) in [6.45, 7) is 6.88. The molecule has 2 N–H and O–H groups in total. The van der Waals surface area contributed by atoms with Crippen molar-refractivity contribution in [3.63, 3.8) is 0 Å². The van der Waals surface area contributed by atoms with Gasteiger partial charge in [0, 0.05) is 12.6 Å². The number of aryl methyl sites for hydroxylation is 2. The fourth-order valence-electron chi connectivity index (χ4n) is 3.30. The van der Waals surface area contributed by atoms with Crippen LogP contribution in [0.5, 0.6) is 0 Å².